The third kappa shape index (κ3) is 4.42. The Morgan fingerprint density at radius 1 is 1.10 bits per heavy atom. The summed E-state index contributed by atoms with van der Waals surface area (Å²) in [7, 11) is 0. The van der Waals surface area contributed by atoms with Crippen molar-refractivity contribution < 1.29 is 14.7 Å². The zero-order chi connectivity index (χ0) is 15.2. The predicted molar refractivity (Wildman–Crippen MR) is 82.6 cm³/mol. The smallest absolute Gasteiger partial charge is 0.311 e. The van der Waals surface area contributed by atoms with Gasteiger partial charge in [0.15, 0.2) is 5.78 Å². The van der Waals surface area contributed by atoms with Crippen molar-refractivity contribution >= 4 is 11.8 Å². The molecule has 2 rings (SSSR count). The van der Waals surface area contributed by atoms with Crippen LogP contribution in [0.15, 0.2) is 24.3 Å². The first-order valence-electron chi connectivity index (χ1n) is 7.95. The summed E-state index contributed by atoms with van der Waals surface area (Å²) in [6.45, 7) is 2.25. The van der Waals surface area contributed by atoms with Gasteiger partial charge in [-0.1, -0.05) is 44.0 Å². The van der Waals surface area contributed by atoms with Gasteiger partial charge >= 0.3 is 5.97 Å². The van der Waals surface area contributed by atoms with E-state index in [1.165, 1.54) is 44.1 Å². The van der Waals surface area contributed by atoms with Crippen LogP contribution in [0.4, 0.5) is 0 Å². The lowest BCUT2D eigenvalue weighted by Crippen LogP contribution is -2.13. The standard InChI is InChI=1S/C18H24O3/c1-2-3-13-4-6-14(7-5-13)15-8-10-16(11-9-15)17(19)12-18(20)21/h8-11,13-14H,2-7,12H2,1H3,(H,20,21). The van der Waals surface area contributed by atoms with Crippen LogP contribution in [0, 0.1) is 5.92 Å². The number of ketones is 1. The summed E-state index contributed by atoms with van der Waals surface area (Å²) in [6.07, 6.45) is 7.25. The van der Waals surface area contributed by atoms with Crippen LogP contribution in [0.5, 0.6) is 0 Å². The molecule has 114 valence electrons. The minimum Gasteiger partial charge on any atom is -0.481 e. The SMILES string of the molecule is CCCC1CCC(c2ccc(C(=O)CC(=O)O)cc2)CC1. The molecular formula is C18H24O3. The molecule has 1 N–H and O–H groups in total. The molecule has 3 nitrogen and oxygen atoms in total. The fourth-order valence-electron chi connectivity index (χ4n) is 3.37. The van der Waals surface area contributed by atoms with E-state index in [0.717, 1.165) is 5.92 Å². The maximum absolute atomic E-state index is 11.7. The van der Waals surface area contributed by atoms with Gasteiger partial charge in [0.2, 0.25) is 0 Å². The van der Waals surface area contributed by atoms with Crippen LogP contribution in [0.2, 0.25) is 0 Å². The second-order valence-corrected chi connectivity index (χ2v) is 6.12. The Morgan fingerprint density at radius 3 is 2.24 bits per heavy atom. The van der Waals surface area contributed by atoms with Gasteiger partial charge in [-0.05, 0) is 43.1 Å². The Morgan fingerprint density at radius 2 is 1.71 bits per heavy atom. The van der Waals surface area contributed by atoms with E-state index in [4.69, 9.17) is 5.11 Å². The van der Waals surface area contributed by atoms with Gasteiger partial charge < -0.3 is 5.11 Å². The highest BCUT2D eigenvalue weighted by Crippen LogP contribution is 2.37. The summed E-state index contributed by atoms with van der Waals surface area (Å²) >= 11 is 0. The van der Waals surface area contributed by atoms with Gasteiger partial charge in [-0.3, -0.25) is 9.59 Å². The average Bonchev–Trinajstić information content (AvgIpc) is 2.48. The molecule has 0 saturated heterocycles. The number of Topliss-reactive ketones (excluding diaryl/α,β-unsaturated/α-hetero) is 1. The normalized spacial score (nSPS) is 22.0. The summed E-state index contributed by atoms with van der Waals surface area (Å²) in [5.41, 5.74) is 1.79. The van der Waals surface area contributed by atoms with E-state index in [9.17, 15) is 9.59 Å². The summed E-state index contributed by atoms with van der Waals surface area (Å²) < 4.78 is 0. The van der Waals surface area contributed by atoms with Crippen molar-refractivity contribution in [2.24, 2.45) is 5.92 Å². The van der Waals surface area contributed by atoms with Crippen LogP contribution < -0.4 is 0 Å². The lowest BCUT2D eigenvalue weighted by molar-refractivity contribution is -0.135. The van der Waals surface area contributed by atoms with E-state index in [2.05, 4.69) is 6.92 Å². The van der Waals surface area contributed by atoms with Gasteiger partial charge in [0, 0.05) is 5.56 Å². The molecule has 1 aromatic rings. The number of carboxylic acid groups (broad SMARTS) is 1. The van der Waals surface area contributed by atoms with E-state index < -0.39 is 12.4 Å². The molecule has 0 aliphatic heterocycles. The van der Waals surface area contributed by atoms with E-state index in [-0.39, 0.29) is 5.78 Å². The molecule has 21 heavy (non-hydrogen) atoms. The predicted octanol–water partition coefficient (Wildman–Crippen LogP) is 4.42. The van der Waals surface area contributed by atoms with Crippen molar-refractivity contribution in [3.8, 4) is 0 Å². The highest BCUT2D eigenvalue weighted by atomic mass is 16.4. The quantitative estimate of drug-likeness (QED) is 0.623. The Kier molecular flexibility index (Phi) is 5.54. The van der Waals surface area contributed by atoms with Crippen LogP contribution in [0.3, 0.4) is 0 Å². The number of carbonyl (C=O) groups excluding carboxylic acids is 1. The molecule has 0 spiro atoms. The minimum atomic E-state index is -1.07. The van der Waals surface area contributed by atoms with Crippen LogP contribution >= 0.6 is 0 Å². The minimum absolute atomic E-state index is 0.319. The molecule has 0 amide bonds. The second kappa shape index (κ2) is 7.39. The van der Waals surface area contributed by atoms with E-state index in [1.807, 2.05) is 12.1 Å². The fourth-order valence-corrected chi connectivity index (χ4v) is 3.37. The molecule has 1 fully saturated rings. The van der Waals surface area contributed by atoms with Gasteiger partial charge in [0.25, 0.3) is 0 Å². The van der Waals surface area contributed by atoms with Crippen LogP contribution in [-0.2, 0) is 4.79 Å². The van der Waals surface area contributed by atoms with Crippen molar-refractivity contribution in [1.82, 2.24) is 0 Å². The third-order valence-electron chi connectivity index (χ3n) is 4.56. The molecule has 1 aromatic carbocycles. The Labute approximate surface area is 126 Å². The molecule has 1 saturated carbocycles. The molecule has 0 unspecified atom stereocenters. The Bertz CT molecular complexity index is 482. The highest BCUT2D eigenvalue weighted by molar-refractivity contribution is 6.05. The molecular weight excluding hydrogens is 264 g/mol. The number of rotatable bonds is 6. The van der Waals surface area contributed by atoms with Crippen molar-refractivity contribution in [1.29, 1.82) is 0 Å². The van der Waals surface area contributed by atoms with Gasteiger partial charge in [-0.25, -0.2) is 0 Å². The van der Waals surface area contributed by atoms with E-state index >= 15 is 0 Å². The lowest BCUT2D eigenvalue weighted by Gasteiger charge is -2.28. The molecule has 0 aromatic heterocycles. The zero-order valence-corrected chi connectivity index (χ0v) is 12.7. The maximum Gasteiger partial charge on any atom is 0.311 e. The largest absolute Gasteiger partial charge is 0.481 e. The molecule has 1 aliphatic carbocycles. The number of carboxylic acids is 1. The summed E-state index contributed by atoms with van der Waals surface area (Å²) in [6, 6.07) is 7.55. The first-order chi connectivity index (χ1) is 10.1. The molecule has 3 heteroatoms. The molecule has 0 atom stereocenters. The van der Waals surface area contributed by atoms with Gasteiger partial charge in [-0.15, -0.1) is 0 Å². The van der Waals surface area contributed by atoms with Crippen LogP contribution in [0.1, 0.15) is 73.7 Å². The van der Waals surface area contributed by atoms with Crippen molar-refractivity contribution in [2.75, 3.05) is 0 Å². The first kappa shape index (κ1) is 15.7. The van der Waals surface area contributed by atoms with Gasteiger partial charge in [-0.2, -0.15) is 0 Å². The number of carbonyl (C=O) groups is 2. The Balaban J connectivity index is 1.94. The average molecular weight is 288 g/mol. The van der Waals surface area contributed by atoms with Crippen molar-refractivity contribution in [3.05, 3.63) is 35.4 Å². The summed E-state index contributed by atoms with van der Waals surface area (Å²) in [4.78, 5) is 22.2. The molecule has 0 bridgehead atoms. The van der Waals surface area contributed by atoms with Crippen LogP contribution in [0.25, 0.3) is 0 Å². The number of hydrogen-bond acceptors (Lipinski definition) is 2. The first-order valence-corrected chi connectivity index (χ1v) is 7.95. The molecule has 1 aliphatic rings. The maximum atomic E-state index is 11.7. The van der Waals surface area contributed by atoms with Gasteiger partial charge in [0.1, 0.15) is 6.42 Å². The van der Waals surface area contributed by atoms with E-state index in [1.54, 1.807) is 12.1 Å². The van der Waals surface area contributed by atoms with Crippen LogP contribution in [-0.4, -0.2) is 16.9 Å². The van der Waals surface area contributed by atoms with Crippen molar-refractivity contribution in [2.45, 2.75) is 57.8 Å². The number of benzene rings is 1. The Hall–Kier alpha value is -1.64. The van der Waals surface area contributed by atoms with Gasteiger partial charge in [0.05, 0.1) is 0 Å². The zero-order valence-electron chi connectivity index (χ0n) is 12.7. The highest BCUT2D eigenvalue weighted by Gasteiger charge is 2.22. The fraction of sp³-hybridized carbons (Fsp3) is 0.556. The third-order valence-corrected chi connectivity index (χ3v) is 4.56. The second-order valence-electron chi connectivity index (χ2n) is 6.12. The molecule has 0 heterocycles. The monoisotopic (exact) mass is 288 g/mol. The lowest BCUT2D eigenvalue weighted by atomic mass is 9.77. The number of aliphatic carboxylic acids is 1. The van der Waals surface area contributed by atoms with Crippen molar-refractivity contribution in [3.63, 3.8) is 0 Å². The summed E-state index contributed by atoms with van der Waals surface area (Å²) in [5, 5.41) is 8.65. The molecule has 0 radical (unpaired) electrons. The number of hydrogen-bond donors (Lipinski definition) is 1. The topological polar surface area (TPSA) is 54.4 Å². The van der Waals surface area contributed by atoms with E-state index in [0.29, 0.717) is 11.5 Å². The summed E-state index contributed by atoms with van der Waals surface area (Å²) in [5.74, 6) is 0.100.